The second kappa shape index (κ2) is 6.38. The van der Waals surface area contributed by atoms with Crippen molar-refractivity contribution < 1.29 is 9.18 Å². The first-order valence-corrected chi connectivity index (χ1v) is 9.21. The molecule has 0 bridgehead atoms. The molecular formula is C19H13FN2OS2. The molecule has 0 aliphatic rings. The molecule has 0 aliphatic carbocycles. The van der Waals surface area contributed by atoms with Crippen LogP contribution in [-0.2, 0) is 0 Å². The molecule has 4 rings (SSSR count). The van der Waals surface area contributed by atoms with Crippen LogP contribution in [0.3, 0.4) is 0 Å². The van der Waals surface area contributed by atoms with Gasteiger partial charge in [0, 0.05) is 21.4 Å². The maximum absolute atomic E-state index is 13.6. The third kappa shape index (κ3) is 2.94. The zero-order chi connectivity index (χ0) is 17.4. The number of fused-ring (bicyclic) bond motifs is 1. The molecule has 0 atom stereocenters. The van der Waals surface area contributed by atoms with E-state index in [0.29, 0.717) is 5.56 Å². The van der Waals surface area contributed by atoms with E-state index in [1.54, 1.807) is 29.5 Å². The summed E-state index contributed by atoms with van der Waals surface area (Å²) in [5.41, 5.74) is 7.64. The van der Waals surface area contributed by atoms with Crippen LogP contribution < -0.4 is 5.73 Å². The second-order valence-electron chi connectivity index (χ2n) is 5.46. The highest BCUT2D eigenvalue weighted by molar-refractivity contribution is 7.98. The minimum Gasteiger partial charge on any atom is -0.366 e. The van der Waals surface area contributed by atoms with Crippen molar-refractivity contribution in [3.8, 4) is 11.3 Å². The predicted octanol–water partition coefficient (Wildman–Crippen LogP) is 5.16. The Kier molecular flexibility index (Phi) is 4.07. The van der Waals surface area contributed by atoms with Gasteiger partial charge in [0.05, 0.1) is 5.69 Å². The Morgan fingerprint density at radius 3 is 2.72 bits per heavy atom. The summed E-state index contributed by atoms with van der Waals surface area (Å²) in [7, 11) is 0. The normalized spacial score (nSPS) is 11.1. The first-order valence-electron chi connectivity index (χ1n) is 7.55. The van der Waals surface area contributed by atoms with Crippen LogP contribution in [0.4, 0.5) is 4.39 Å². The van der Waals surface area contributed by atoms with Gasteiger partial charge in [0.2, 0.25) is 5.91 Å². The molecule has 0 aliphatic heterocycles. The highest BCUT2D eigenvalue weighted by Gasteiger charge is 2.17. The number of carbonyl (C=O) groups is 1. The van der Waals surface area contributed by atoms with Crippen LogP contribution >= 0.6 is 23.3 Å². The molecular weight excluding hydrogens is 355 g/mol. The summed E-state index contributed by atoms with van der Waals surface area (Å²) in [4.78, 5) is 13.6. The number of hydrogen-bond acceptors (Lipinski definition) is 3. The zero-order valence-corrected chi connectivity index (χ0v) is 14.6. The third-order valence-electron chi connectivity index (χ3n) is 3.83. The number of halogens is 1. The van der Waals surface area contributed by atoms with Crippen molar-refractivity contribution in [2.24, 2.45) is 5.73 Å². The molecule has 0 fully saturated rings. The van der Waals surface area contributed by atoms with Crippen molar-refractivity contribution >= 4 is 39.4 Å². The van der Waals surface area contributed by atoms with Gasteiger partial charge in [-0.05, 0) is 53.7 Å². The zero-order valence-electron chi connectivity index (χ0n) is 13.0. The molecule has 3 nitrogen and oxygen atoms in total. The van der Waals surface area contributed by atoms with Crippen LogP contribution in [-0.4, -0.2) is 9.88 Å². The van der Waals surface area contributed by atoms with Crippen LogP contribution in [0.5, 0.6) is 0 Å². The summed E-state index contributed by atoms with van der Waals surface area (Å²) in [5.74, 6) is -0.749. The first-order chi connectivity index (χ1) is 12.1. The summed E-state index contributed by atoms with van der Waals surface area (Å²) in [6.07, 6.45) is 0. The lowest BCUT2D eigenvalue weighted by Crippen LogP contribution is -2.12. The third-order valence-corrected chi connectivity index (χ3v) is 5.89. The smallest absolute Gasteiger partial charge is 0.249 e. The molecule has 1 amide bonds. The monoisotopic (exact) mass is 368 g/mol. The average Bonchev–Trinajstić information content (AvgIpc) is 3.17. The number of carbonyl (C=O) groups excluding carboxylic acids is 1. The molecule has 2 aromatic carbocycles. The van der Waals surface area contributed by atoms with Gasteiger partial charge < -0.3 is 5.73 Å². The number of thiophene rings is 1. The van der Waals surface area contributed by atoms with Gasteiger partial charge in [-0.3, -0.25) is 8.77 Å². The van der Waals surface area contributed by atoms with Gasteiger partial charge in [0.1, 0.15) is 10.6 Å². The van der Waals surface area contributed by atoms with Gasteiger partial charge in [-0.2, -0.15) is 0 Å². The van der Waals surface area contributed by atoms with Gasteiger partial charge in [-0.25, -0.2) is 4.39 Å². The lowest BCUT2D eigenvalue weighted by molar-refractivity contribution is 0.100. The highest BCUT2D eigenvalue weighted by atomic mass is 32.2. The molecule has 6 heteroatoms. The van der Waals surface area contributed by atoms with Crippen molar-refractivity contribution in [2.75, 3.05) is 0 Å². The number of hydrogen-bond donors (Lipinski definition) is 1. The molecule has 2 N–H and O–H groups in total. The van der Waals surface area contributed by atoms with E-state index in [9.17, 15) is 9.18 Å². The number of rotatable bonds is 4. The van der Waals surface area contributed by atoms with Gasteiger partial charge in [0.25, 0.3) is 0 Å². The first kappa shape index (κ1) is 15.9. The summed E-state index contributed by atoms with van der Waals surface area (Å²) < 4.78 is 15.6. The Labute approximate surface area is 152 Å². The van der Waals surface area contributed by atoms with Crippen molar-refractivity contribution in [3.63, 3.8) is 0 Å². The lowest BCUT2D eigenvalue weighted by Gasteiger charge is -2.11. The lowest BCUT2D eigenvalue weighted by atomic mass is 10.0. The summed E-state index contributed by atoms with van der Waals surface area (Å²) in [6.45, 7) is 0. The molecule has 25 heavy (non-hydrogen) atoms. The van der Waals surface area contributed by atoms with E-state index in [2.05, 4.69) is 0 Å². The van der Waals surface area contributed by atoms with Gasteiger partial charge in [-0.1, -0.05) is 24.3 Å². The largest absolute Gasteiger partial charge is 0.366 e. The Hall–Kier alpha value is -2.57. The molecule has 2 aromatic heterocycles. The number of nitrogens with zero attached hydrogens (tertiary/aromatic N) is 1. The number of benzene rings is 2. The minimum atomic E-state index is -0.470. The molecule has 0 saturated carbocycles. The standard InChI is InChI=1S/C19H13FN2OS2/c20-13-4-3-5-14(11-13)25-22-17(10-12-8-9-24-19(12)22)15-6-1-2-7-16(15)18(21)23/h1-11H,(H2,21,23). The van der Waals surface area contributed by atoms with E-state index in [4.69, 9.17) is 5.73 Å². The molecule has 0 radical (unpaired) electrons. The molecule has 0 saturated heterocycles. The van der Waals surface area contributed by atoms with E-state index < -0.39 is 5.91 Å². The topological polar surface area (TPSA) is 48.0 Å². The van der Waals surface area contributed by atoms with Crippen LogP contribution in [0.1, 0.15) is 10.4 Å². The number of amides is 1. The number of nitrogens with two attached hydrogens (primary N) is 1. The minimum absolute atomic E-state index is 0.279. The summed E-state index contributed by atoms with van der Waals surface area (Å²) >= 11 is 3.02. The van der Waals surface area contributed by atoms with Gasteiger partial charge in [0.15, 0.2) is 0 Å². The van der Waals surface area contributed by atoms with Crippen LogP contribution in [0.15, 0.2) is 70.9 Å². The Balaban J connectivity index is 1.91. The fourth-order valence-corrected chi connectivity index (χ4v) is 4.72. The highest BCUT2D eigenvalue weighted by Crippen LogP contribution is 2.38. The number of aromatic nitrogens is 1. The average molecular weight is 368 g/mol. The fraction of sp³-hybridized carbons (Fsp3) is 0. The Bertz CT molecular complexity index is 1080. The van der Waals surface area contributed by atoms with Crippen LogP contribution in [0.25, 0.3) is 21.5 Å². The van der Waals surface area contributed by atoms with Gasteiger partial charge in [-0.15, -0.1) is 11.3 Å². The maximum atomic E-state index is 13.6. The van der Waals surface area contributed by atoms with E-state index in [1.165, 1.54) is 24.1 Å². The van der Waals surface area contributed by atoms with E-state index in [1.807, 2.05) is 39.7 Å². The number of primary amides is 1. The van der Waals surface area contributed by atoms with Gasteiger partial charge >= 0.3 is 0 Å². The van der Waals surface area contributed by atoms with Crippen LogP contribution in [0, 0.1) is 5.82 Å². The molecule has 124 valence electrons. The Morgan fingerprint density at radius 1 is 1.08 bits per heavy atom. The Morgan fingerprint density at radius 2 is 1.92 bits per heavy atom. The SMILES string of the molecule is NC(=O)c1ccccc1-c1cc2ccsc2n1Sc1cccc(F)c1. The molecule has 0 spiro atoms. The van der Waals surface area contributed by atoms with Crippen molar-refractivity contribution in [2.45, 2.75) is 4.90 Å². The summed E-state index contributed by atoms with van der Waals surface area (Å²) in [5, 5.41) is 3.08. The van der Waals surface area contributed by atoms with Crippen LogP contribution in [0.2, 0.25) is 0 Å². The van der Waals surface area contributed by atoms with E-state index >= 15 is 0 Å². The summed E-state index contributed by atoms with van der Waals surface area (Å²) in [6, 6.07) is 17.8. The second-order valence-corrected chi connectivity index (χ2v) is 7.38. The molecule has 0 unspecified atom stereocenters. The molecule has 2 heterocycles. The van der Waals surface area contributed by atoms with Crippen molar-refractivity contribution in [1.29, 1.82) is 0 Å². The van der Waals surface area contributed by atoms with Crippen molar-refractivity contribution in [3.05, 3.63) is 77.4 Å². The molecule has 4 aromatic rings. The van der Waals surface area contributed by atoms with E-state index in [0.717, 1.165) is 26.4 Å². The maximum Gasteiger partial charge on any atom is 0.249 e. The van der Waals surface area contributed by atoms with Crippen molar-refractivity contribution in [1.82, 2.24) is 3.97 Å². The predicted molar refractivity (Wildman–Crippen MR) is 101 cm³/mol. The van der Waals surface area contributed by atoms with E-state index in [-0.39, 0.29) is 5.82 Å². The quantitative estimate of drug-likeness (QED) is 0.541. The fourth-order valence-electron chi connectivity index (χ4n) is 2.73.